The summed E-state index contributed by atoms with van der Waals surface area (Å²) in [7, 11) is -0.753. The molecule has 0 N–H and O–H groups in total. The predicted molar refractivity (Wildman–Crippen MR) is 91.8 cm³/mol. The molecule has 3 aromatic rings. The van der Waals surface area contributed by atoms with E-state index in [4.69, 9.17) is 21.1 Å². The highest BCUT2D eigenvalue weighted by Gasteiger charge is 2.23. The van der Waals surface area contributed by atoms with E-state index in [0.717, 1.165) is 0 Å². The highest BCUT2D eigenvalue weighted by molar-refractivity contribution is 7.91. The summed E-state index contributed by atoms with van der Waals surface area (Å²) >= 11 is 6.36. The fourth-order valence-electron chi connectivity index (χ4n) is 2.32. The Morgan fingerprint density at radius 3 is 2.21 bits per heavy atom. The average molecular weight is 364 g/mol. The molecule has 0 spiro atoms. The molecule has 24 heavy (non-hydrogen) atoms. The lowest BCUT2D eigenvalue weighted by molar-refractivity contribution is 0.414. The normalized spacial score (nSPS) is 11.5. The van der Waals surface area contributed by atoms with E-state index >= 15 is 0 Å². The van der Waals surface area contributed by atoms with Crippen LogP contribution in [0, 0.1) is 0 Å². The molecule has 0 aliphatic carbocycles. The molecule has 1 heterocycles. The maximum absolute atomic E-state index is 12.9. The van der Waals surface area contributed by atoms with Crippen molar-refractivity contribution in [3.8, 4) is 11.5 Å². The minimum atomic E-state index is -3.80. The first kappa shape index (κ1) is 16.5. The second-order valence-corrected chi connectivity index (χ2v) is 7.29. The van der Waals surface area contributed by atoms with E-state index in [1.807, 2.05) is 0 Å². The van der Waals surface area contributed by atoms with Gasteiger partial charge in [-0.05, 0) is 42.5 Å². The molecule has 124 valence electrons. The molecule has 0 saturated heterocycles. The zero-order valence-corrected chi connectivity index (χ0v) is 14.6. The summed E-state index contributed by atoms with van der Waals surface area (Å²) in [5.74, 6) is 1.15. The number of nitrogens with zero attached hydrogens (tertiary/aromatic N) is 1. The van der Waals surface area contributed by atoms with Crippen LogP contribution in [-0.2, 0) is 9.84 Å². The first-order chi connectivity index (χ1) is 11.5. The van der Waals surface area contributed by atoms with Crippen LogP contribution in [0.3, 0.4) is 0 Å². The molecular weight excluding hydrogens is 350 g/mol. The minimum absolute atomic E-state index is 0.0462. The number of methoxy groups -OCH3 is 2. The number of ether oxygens (including phenoxy) is 2. The second kappa shape index (κ2) is 6.30. The van der Waals surface area contributed by atoms with Gasteiger partial charge in [0.15, 0.2) is 0 Å². The van der Waals surface area contributed by atoms with Crippen molar-refractivity contribution in [2.45, 2.75) is 9.79 Å². The summed E-state index contributed by atoms with van der Waals surface area (Å²) < 4.78 is 35.9. The molecule has 5 nitrogen and oxygen atoms in total. The van der Waals surface area contributed by atoms with Crippen molar-refractivity contribution < 1.29 is 17.9 Å². The molecule has 0 aliphatic rings. The highest BCUT2D eigenvalue weighted by Crippen LogP contribution is 2.34. The monoisotopic (exact) mass is 363 g/mol. The van der Waals surface area contributed by atoms with Crippen molar-refractivity contribution in [2.75, 3.05) is 14.2 Å². The Labute approximate surface area is 144 Å². The Balaban J connectivity index is 2.18. The molecule has 0 saturated carbocycles. The third kappa shape index (κ3) is 2.79. The largest absolute Gasteiger partial charge is 0.497 e. The van der Waals surface area contributed by atoms with Gasteiger partial charge in [-0.2, -0.15) is 0 Å². The van der Waals surface area contributed by atoms with Crippen molar-refractivity contribution in [1.82, 2.24) is 4.98 Å². The lowest BCUT2D eigenvalue weighted by Crippen LogP contribution is -2.04. The maximum Gasteiger partial charge on any atom is 0.209 e. The number of halogens is 1. The van der Waals surface area contributed by atoms with Gasteiger partial charge >= 0.3 is 0 Å². The van der Waals surface area contributed by atoms with Crippen molar-refractivity contribution >= 4 is 32.3 Å². The third-order valence-corrected chi connectivity index (χ3v) is 5.94. The van der Waals surface area contributed by atoms with E-state index in [-0.39, 0.29) is 14.8 Å². The van der Waals surface area contributed by atoms with E-state index < -0.39 is 9.84 Å². The van der Waals surface area contributed by atoms with Gasteiger partial charge in [-0.25, -0.2) is 8.42 Å². The molecule has 3 rings (SSSR count). The fraction of sp³-hybridized carbons (Fsp3) is 0.118. The first-order valence-corrected chi connectivity index (χ1v) is 8.85. The standard InChI is InChI=1S/C17H14ClNO4S/c1-22-11-3-6-13(7-4-11)24(20,21)16-10-19-15-8-5-12(23-2)9-14(15)17(16)18/h3-10H,1-2H3. The zero-order valence-electron chi connectivity index (χ0n) is 13.0. The van der Waals surface area contributed by atoms with E-state index in [1.54, 1.807) is 30.3 Å². The van der Waals surface area contributed by atoms with Crippen molar-refractivity contribution in [3.63, 3.8) is 0 Å². The molecule has 0 unspecified atom stereocenters. The van der Waals surface area contributed by atoms with Gasteiger partial charge < -0.3 is 9.47 Å². The summed E-state index contributed by atoms with van der Waals surface area (Å²) in [5.41, 5.74) is 0.592. The topological polar surface area (TPSA) is 65.5 Å². The SMILES string of the molecule is COc1ccc(S(=O)(=O)c2cnc3ccc(OC)cc3c2Cl)cc1. The predicted octanol–water partition coefficient (Wildman–Crippen LogP) is 3.74. The number of sulfone groups is 1. The first-order valence-electron chi connectivity index (χ1n) is 6.99. The Hall–Kier alpha value is -2.31. The van der Waals surface area contributed by atoms with Gasteiger partial charge in [0.2, 0.25) is 9.84 Å². The number of hydrogen-bond acceptors (Lipinski definition) is 5. The van der Waals surface area contributed by atoms with Crippen LogP contribution >= 0.6 is 11.6 Å². The van der Waals surface area contributed by atoms with E-state index in [9.17, 15) is 8.42 Å². The van der Waals surface area contributed by atoms with E-state index in [1.165, 1.54) is 32.5 Å². The molecule has 0 fully saturated rings. The van der Waals surface area contributed by atoms with Crippen LogP contribution in [0.2, 0.25) is 5.02 Å². The van der Waals surface area contributed by atoms with Crippen LogP contribution in [0.5, 0.6) is 11.5 Å². The van der Waals surface area contributed by atoms with E-state index in [2.05, 4.69) is 4.98 Å². The second-order valence-electron chi connectivity index (χ2n) is 5.00. The molecule has 2 aromatic carbocycles. The Morgan fingerprint density at radius 2 is 1.58 bits per heavy atom. The Bertz CT molecular complexity index is 1000. The number of aromatic nitrogens is 1. The molecule has 0 bridgehead atoms. The van der Waals surface area contributed by atoms with Gasteiger partial charge in [0.05, 0.1) is 29.7 Å². The Kier molecular flexibility index (Phi) is 4.34. The highest BCUT2D eigenvalue weighted by atomic mass is 35.5. The summed E-state index contributed by atoms with van der Waals surface area (Å²) in [6.07, 6.45) is 1.27. The molecule has 0 amide bonds. The molecule has 7 heteroatoms. The van der Waals surface area contributed by atoms with Gasteiger partial charge in [-0.15, -0.1) is 0 Å². The van der Waals surface area contributed by atoms with Crippen LogP contribution in [0.1, 0.15) is 0 Å². The minimum Gasteiger partial charge on any atom is -0.497 e. The summed E-state index contributed by atoms with van der Waals surface area (Å²) in [4.78, 5) is 4.27. The summed E-state index contributed by atoms with van der Waals surface area (Å²) in [6.45, 7) is 0. The van der Waals surface area contributed by atoms with Gasteiger partial charge in [-0.3, -0.25) is 4.98 Å². The number of benzene rings is 2. The fourth-order valence-corrected chi connectivity index (χ4v) is 4.11. The molecule has 0 radical (unpaired) electrons. The van der Waals surface area contributed by atoms with Gasteiger partial charge in [0, 0.05) is 11.6 Å². The number of pyridine rings is 1. The molecular formula is C17H14ClNO4S. The summed E-state index contributed by atoms with van der Waals surface area (Å²) in [5, 5.41) is 0.639. The average Bonchev–Trinajstić information content (AvgIpc) is 2.61. The Morgan fingerprint density at radius 1 is 0.958 bits per heavy atom. The van der Waals surface area contributed by atoms with Crippen LogP contribution in [-0.4, -0.2) is 27.6 Å². The molecule has 0 atom stereocenters. The number of fused-ring (bicyclic) bond motifs is 1. The van der Waals surface area contributed by atoms with Crippen molar-refractivity contribution in [2.24, 2.45) is 0 Å². The molecule has 1 aromatic heterocycles. The van der Waals surface area contributed by atoms with Gasteiger partial charge in [0.1, 0.15) is 16.4 Å². The lowest BCUT2D eigenvalue weighted by Gasteiger charge is -2.10. The van der Waals surface area contributed by atoms with Crippen LogP contribution in [0.15, 0.2) is 58.5 Å². The molecule has 0 aliphatic heterocycles. The van der Waals surface area contributed by atoms with Crippen LogP contribution < -0.4 is 9.47 Å². The van der Waals surface area contributed by atoms with Crippen molar-refractivity contribution in [3.05, 3.63) is 53.7 Å². The lowest BCUT2D eigenvalue weighted by atomic mass is 10.2. The van der Waals surface area contributed by atoms with Crippen molar-refractivity contribution in [1.29, 1.82) is 0 Å². The summed E-state index contributed by atoms with van der Waals surface area (Å²) in [6, 6.07) is 11.2. The van der Waals surface area contributed by atoms with Gasteiger partial charge in [-0.1, -0.05) is 11.6 Å². The quantitative estimate of drug-likeness (QED) is 0.706. The number of rotatable bonds is 4. The smallest absolute Gasteiger partial charge is 0.209 e. The van der Waals surface area contributed by atoms with Gasteiger partial charge in [0.25, 0.3) is 0 Å². The van der Waals surface area contributed by atoms with Crippen LogP contribution in [0.4, 0.5) is 0 Å². The van der Waals surface area contributed by atoms with E-state index in [0.29, 0.717) is 22.4 Å². The zero-order chi connectivity index (χ0) is 17.3. The van der Waals surface area contributed by atoms with Crippen LogP contribution in [0.25, 0.3) is 10.9 Å². The maximum atomic E-state index is 12.9. The number of hydrogen-bond donors (Lipinski definition) is 0. The third-order valence-electron chi connectivity index (χ3n) is 3.64.